The summed E-state index contributed by atoms with van der Waals surface area (Å²) in [4.78, 5) is 25.1. The summed E-state index contributed by atoms with van der Waals surface area (Å²) in [6, 6.07) is 0. The monoisotopic (exact) mass is 442 g/mol. The van der Waals surface area contributed by atoms with Gasteiger partial charge in [-0.05, 0) is 85.0 Å². The molecule has 3 nitrogen and oxygen atoms in total. The van der Waals surface area contributed by atoms with Gasteiger partial charge in [-0.2, -0.15) is 0 Å². The zero-order valence-electron chi connectivity index (χ0n) is 21.4. The van der Waals surface area contributed by atoms with E-state index in [-0.39, 0.29) is 23.4 Å². The molecule has 0 aromatic heterocycles. The van der Waals surface area contributed by atoms with Crippen molar-refractivity contribution in [3.63, 3.8) is 0 Å². The average molecular weight is 443 g/mol. The number of hydrogen-bond donors (Lipinski definition) is 0. The van der Waals surface area contributed by atoms with Crippen LogP contribution in [-0.2, 0) is 14.3 Å². The number of allylic oxidation sites excluding steroid dienone is 1. The Balaban J connectivity index is 1.52. The first kappa shape index (κ1) is 24.0. The molecule has 8 atom stereocenters. The highest BCUT2D eigenvalue weighted by molar-refractivity contribution is 5.94. The molecule has 3 heteroatoms. The number of rotatable bonds is 6. The van der Waals surface area contributed by atoms with E-state index >= 15 is 0 Å². The molecule has 0 aromatic carbocycles. The Labute approximate surface area is 196 Å². The Morgan fingerprint density at radius 3 is 2.50 bits per heavy atom. The number of carbonyl (C=O) groups is 2. The molecule has 0 aliphatic heterocycles. The third-order valence-electron chi connectivity index (χ3n) is 10.4. The summed E-state index contributed by atoms with van der Waals surface area (Å²) >= 11 is 0. The highest BCUT2D eigenvalue weighted by atomic mass is 16.5. The van der Waals surface area contributed by atoms with Crippen molar-refractivity contribution in [3.05, 3.63) is 11.6 Å². The number of ether oxygens (including phenoxy) is 1. The van der Waals surface area contributed by atoms with E-state index < -0.39 is 0 Å². The van der Waals surface area contributed by atoms with Gasteiger partial charge in [-0.1, -0.05) is 59.5 Å². The van der Waals surface area contributed by atoms with Crippen LogP contribution in [-0.4, -0.2) is 17.9 Å². The van der Waals surface area contributed by atoms with Gasteiger partial charge in [0, 0.05) is 19.3 Å². The summed E-state index contributed by atoms with van der Waals surface area (Å²) in [5.41, 5.74) is 1.70. The number of fused-ring (bicyclic) bond motifs is 5. The van der Waals surface area contributed by atoms with Gasteiger partial charge in [0.2, 0.25) is 0 Å². The van der Waals surface area contributed by atoms with Crippen LogP contribution in [0.5, 0.6) is 0 Å². The summed E-state index contributed by atoms with van der Waals surface area (Å²) in [5, 5.41) is 0. The lowest BCUT2D eigenvalue weighted by Crippen LogP contribution is -2.53. The maximum atomic E-state index is 13.6. The second-order valence-corrected chi connectivity index (χ2v) is 12.7. The van der Waals surface area contributed by atoms with Crippen LogP contribution in [0.3, 0.4) is 0 Å². The zero-order chi connectivity index (χ0) is 23.3. The van der Waals surface area contributed by atoms with Crippen LogP contribution < -0.4 is 0 Å². The highest BCUT2D eigenvalue weighted by Gasteiger charge is 2.61. The first-order valence-corrected chi connectivity index (χ1v) is 13.5. The largest absolute Gasteiger partial charge is 0.462 e. The maximum absolute atomic E-state index is 13.6. The molecule has 32 heavy (non-hydrogen) atoms. The van der Waals surface area contributed by atoms with Crippen molar-refractivity contribution < 1.29 is 14.3 Å². The minimum atomic E-state index is -0.202. The number of hydrogen-bond acceptors (Lipinski definition) is 3. The van der Waals surface area contributed by atoms with Crippen LogP contribution in [0, 0.1) is 46.3 Å². The van der Waals surface area contributed by atoms with E-state index in [0.29, 0.717) is 23.0 Å². The molecule has 4 aliphatic rings. The number of esters is 1. The van der Waals surface area contributed by atoms with Crippen molar-refractivity contribution in [1.29, 1.82) is 0 Å². The van der Waals surface area contributed by atoms with Crippen molar-refractivity contribution in [2.75, 3.05) is 0 Å². The van der Waals surface area contributed by atoms with Crippen LogP contribution in [0.1, 0.15) is 106 Å². The van der Waals surface area contributed by atoms with Gasteiger partial charge < -0.3 is 4.74 Å². The Hall–Kier alpha value is -1.12. The SMILES string of the molecule is CC(=O)O[C@H]1CC[C@@]2(C)C(=CC(=O)[C@@H]3[C@H]2CC[C@]2(C)[C@@H]([C@H](C)CCCC(C)C)CC[C@@H]32)C1. The summed E-state index contributed by atoms with van der Waals surface area (Å²) < 4.78 is 5.54. The molecule has 180 valence electrons. The van der Waals surface area contributed by atoms with Gasteiger partial charge in [-0.25, -0.2) is 0 Å². The fraction of sp³-hybridized carbons (Fsp3) is 0.862. The molecule has 0 amide bonds. The van der Waals surface area contributed by atoms with Crippen molar-refractivity contribution in [3.8, 4) is 0 Å². The van der Waals surface area contributed by atoms with E-state index in [9.17, 15) is 9.59 Å². The van der Waals surface area contributed by atoms with Gasteiger partial charge in [0.05, 0.1) is 0 Å². The third-order valence-corrected chi connectivity index (χ3v) is 10.4. The summed E-state index contributed by atoms with van der Waals surface area (Å²) in [6.07, 6.45) is 13.7. The first-order chi connectivity index (χ1) is 15.1. The lowest BCUT2D eigenvalue weighted by atomic mass is 9.46. The van der Waals surface area contributed by atoms with Crippen molar-refractivity contribution in [2.45, 2.75) is 112 Å². The van der Waals surface area contributed by atoms with Crippen LogP contribution in [0.4, 0.5) is 0 Å². The Morgan fingerprint density at radius 1 is 1.06 bits per heavy atom. The quantitative estimate of drug-likeness (QED) is 0.411. The van der Waals surface area contributed by atoms with E-state index in [1.54, 1.807) is 0 Å². The number of carbonyl (C=O) groups excluding carboxylic acids is 2. The van der Waals surface area contributed by atoms with Crippen LogP contribution in [0.25, 0.3) is 0 Å². The molecule has 0 aromatic rings. The smallest absolute Gasteiger partial charge is 0.302 e. The molecule has 0 radical (unpaired) electrons. The molecule has 0 N–H and O–H groups in total. The minimum absolute atomic E-state index is 0.0485. The number of ketones is 1. The van der Waals surface area contributed by atoms with Gasteiger partial charge in [-0.3, -0.25) is 9.59 Å². The van der Waals surface area contributed by atoms with E-state index in [1.165, 1.54) is 57.4 Å². The molecule has 3 fully saturated rings. The predicted molar refractivity (Wildman–Crippen MR) is 129 cm³/mol. The van der Waals surface area contributed by atoms with E-state index in [0.717, 1.165) is 37.0 Å². The standard InChI is InChI=1S/C29H46O3/c1-18(2)8-7-9-19(3)23-10-11-24-27-25(13-15-29(23,24)6)28(5)14-12-22(32-20(4)30)16-21(28)17-26(27)31/h17-19,22-25,27H,7-16H2,1-6H3/t19-,22+,23-,24+,25-,27+,28+,29-/m1/s1. The fourth-order valence-corrected chi connectivity index (χ4v) is 8.73. The Morgan fingerprint density at radius 2 is 1.81 bits per heavy atom. The molecular weight excluding hydrogens is 396 g/mol. The maximum Gasteiger partial charge on any atom is 0.302 e. The van der Waals surface area contributed by atoms with Crippen LogP contribution in [0.2, 0.25) is 0 Å². The minimum Gasteiger partial charge on any atom is -0.462 e. The van der Waals surface area contributed by atoms with Gasteiger partial charge in [0.15, 0.2) is 5.78 Å². The van der Waals surface area contributed by atoms with Crippen LogP contribution in [0.15, 0.2) is 11.6 Å². The van der Waals surface area contributed by atoms with E-state index in [4.69, 9.17) is 4.74 Å². The molecule has 0 saturated heterocycles. The molecule has 0 spiro atoms. The lowest BCUT2D eigenvalue weighted by molar-refractivity contribution is -0.149. The third kappa shape index (κ3) is 4.11. The average Bonchev–Trinajstić information content (AvgIpc) is 3.05. The van der Waals surface area contributed by atoms with Crippen molar-refractivity contribution in [1.82, 2.24) is 0 Å². The van der Waals surface area contributed by atoms with Crippen molar-refractivity contribution >= 4 is 11.8 Å². The van der Waals surface area contributed by atoms with Crippen molar-refractivity contribution in [2.24, 2.45) is 46.3 Å². The van der Waals surface area contributed by atoms with E-state index in [1.807, 2.05) is 6.08 Å². The van der Waals surface area contributed by atoms with Gasteiger partial charge in [-0.15, -0.1) is 0 Å². The van der Waals surface area contributed by atoms with Gasteiger partial charge in [0.1, 0.15) is 6.10 Å². The first-order valence-electron chi connectivity index (χ1n) is 13.5. The normalized spacial score (nSPS) is 42.0. The molecule has 3 saturated carbocycles. The molecular formula is C29H46O3. The second-order valence-electron chi connectivity index (χ2n) is 12.7. The predicted octanol–water partition coefficient (Wildman–Crippen LogP) is 7.14. The molecule has 0 bridgehead atoms. The molecule has 4 rings (SSSR count). The molecule has 4 aliphatic carbocycles. The second kappa shape index (κ2) is 8.91. The fourth-order valence-electron chi connectivity index (χ4n) is 8.73. The topological polar surface area (TPSA) is 43.4 Å². The summed E-state index contributed by atoms with van der Waals surface area (Å²) in [7, 11) is 0. The van der Waals surface area contributed by atoms with Crippen LogP contribution >= 0.6 is 0 Å². The molecule has 0 heterocycles. The van der Waals surface area contributed by atoms with E-state index in [2.05, 4.69) is 34.6 Å². The highest BCUT2D eigenvalue weighted by Crippen LogP contribution is 2.66. The summed E-state index contributed by atoms with van der Waals surface area (Å²) in [6.45, 7) is 13.6. The Kier molecular flexibility index (Phi) is 6.69. The summed E-state index contributed by atoms with van der Waals surface area (Å²) in [5.74, 6) is 3.74. The molecule has 0 unspecified atom stereocenters. The van der Waals surface area contributed by atoms with Gasteiger partial charge in [0.25, 0.3) is 0 Å². The zero-order valence-corrected chi connectivity index (χ0v) is 21.4. The lowest BCUT2D eigenvalue weighted by Gasteiger charge is -2.57. The van der Waals surface area contributed by atoms with Gasteiger partial charge >= 0.3 is 5.97 Å². The Bertz CT molecular complexity index is 766.